The Labute approximate surface area is 150 Å². The summed E-state index contributed by atoms with van der Waals surface area (Å²) in [6, 6.07) is 14.5. The van der Waals surface area contributed by atoms with Gasteiger partial charge in [0.25, 0.3) is 0 Å². The Morgan fingerprint density at radius 3 is 2.09 bits per heavy atom. The van der Waals surface area contributed by atoms with Crippen molar-refractivity contribution in [1.29, 1.82) is 0 Å². The van der Waals surface area contributed by atoms with Crippen molar-refractivity contribution in [3.8, 4) is 0 Å². The molecule has 0 aromatic heterocycles. The van der Waals surface area contributed by atoms with Gasteiger partial charge in [-0.3, -0.25) is 0 Å². The molecule has 2 aromatic rings. The van der Waals surface area contributed by atoms with Crippen LogP contribution in [0.5, 0.6) is 0 Å². The lowest BCUT2D eigenvalue weighted by atomic mass is 10.2. The van der Waals surface area contributed by atoms with Gasteiger partial charge in [-0.15, -0.1) is 17.5 Å². The van der Waals surface area contributed by atoms with Gasteiger partial charge in [0.05, 0.1) is 12.4 Å². The number of hydrogen-bond donors (Lipinski definition) is 2. The lowest BCUT2D eigenvalue weighted by Gasteiger charge is -1.97. The summed E-state index contributed by atoms with van der Waals surface area (Å²) in [7, 11) is 0. The van der Waals surface area contributed by atoms with E-state index >= 15 is 0 Å². The Morgan fingerprint density at radius 1 is 0.957 bits per heavy atom. The first-order valence-corrected chi connectivity index (χ1v) is 7.06. The molecule has 0 saturated heterocycles. The van der Waals surface area contributed by atoms with Crippen molar-refractivity contribution in [1.82, 2.24) is 5.43 Å². The molecule has 0 unspecified atom stereocenters. The van der Waals surface area contributed by atoms with E-state index in [2.05, 4.69) is 20.7 Å². The molecule has 5 nitrogen and oxygen atoms in total. The zero-order valence-corrected chi connectivity index (χ0v) is 14.2. The van der Waals surface area contributed by atoms with Crippen LogP contribution in [0.15, 0.2) is 63.8 Å². The average Bonchev–Trinajstić information content (AvgIpc) is 2.47. The lowest BCUT2D eigenvalue weighted by molar-refractivity contribution is 0.994. The highest BCUT2D eigenvalue weighted by Gasteiger charge is 1.91. The quantitative estimate of drug-likeness (QED) is 0.489. The number of nitrogens with one attached hydrogen (secondary N) is 1. The molecule has 120 valence electrons. The van der Waals surface area contributed by atoms with Gasteiger partial charge in [-0.05, 0) is 35.4 Å². The third-order valence-electron chi connectivity index (χ3n) is 2.46. The number of halogens is 3. The van der Waals surface area contributed by atoms with Crippen molar-refractivity contribution in [2.75, 3.05) is 0 Å². The second-order valence-electron chi connectivity index (χ2n) is 4.21. The van der Waals surface area contributed by atoms with E-state index in [1.54, 1.807) is 36.7 Å². The minimum atomic E-state index is 0. The molecule has 0 fully saturated rings. The van der Waals surface area contributed by atoms with Crippen LogP contribution in [-0.4, -0.2) is 18.4 Å². The van der Waals surface area contributed by atoms with Crippen LogP contribution in [0.3, 0.4) is 0 Å². The molecule has 0 spiro atoms. The van der Waals surface area contributed by atoms with Gasteiger partial charge in [-0.1, -0.05) is 47.5 Å². The fourth-order valence-corrected chi connectivity index (χ4v) is 1.92. The molecule has 0 aliphatic rings. The molecule has 0 amide bonds. The van der Waals surface area contributed by atoms with Gasteiger partial charge < -0.3 is 5.73 Å². The fourth-order valence-electron chi connectivity index (χ4n) is 1.53. The van der Waals surface area contributed by atoms with Crippen LogP contribution in [0.25, 0.3) is 0 Å². The molecule has 0 atom stereocenters. The molecule has 3 N–H and O–H groups in total. The SMILES string of the molecule is Cl.NC(=NN=Cc1cccc(Cl)c1)NN=Cc1cccc(Cl)c1. The first-order valence-electron chi connectivity index (χ1n) is 6.30. The number of hydrogen-bond acceptors (Lipinski definition) is 3. The molecule has 0 aliphatic heterocycles. The summed E-state index contributed by atoms with van der Waals surface area (Å²) in [4.78, 5) is 0. The Bertz CT molecular complexity index is 729. The van der Waals surface area contributed by atoms with Crippen molar-refractivity contribution in [3.05, 3.63) is 69.7 Å². The summed E-state index contributed by atoms with van der Waals surface area (Å²) in [5.74, 6) is 0.0663. The van der Waals surface area contributed by atoms with Gasteiger partial charge >= 0.3 is 0 Å². The molecule has 2 rings (SSSR count). The van der Waals surface area contributed by atoms with E-state index in [4.69, 9.17) is 28.9 Å². The highest BCUT2D eigenvalue weighted by molar-refractivity contribution is 6.31. The highest BCUT2D eigenvalue weighted by atomic mass is 35.5. The first kappa shape index (κ1) is 19.0. The number of benzene rings is 2. The van der Waals surface area contributed by atoms with Gasteiger partial charge in [-0.25, -0.2) is 5.43 Å². The predicted molar refractivity (Wildman–Crippen MR) is 100 cm³/mol. The average molecular weight is 371 g/mol. The normalized spacial score (nSPS) is 11.7. The van der Waals surface area contributed by atoms with Crippen molar-refractivity contribution >= 4 is 54.0 Å². The summed E-state index contributed by atoms with van der Waals surface area (Å²) in [6.07, 6.45) is 3.12. The van der Waals surface area contributed by atoms with Gasteiger partial charge in [0.1, 0.15) is 0 Å². The molecule has 8 heteroatoms. The smallest absolute Gasteiger partial charge is 0.234 e. The number of guanidine groups is 1. The van der Waals surface area contributed by atoms with Crippen LogP contribution < -0.4 is 11.2 Å². The van der Waals surface area contributed by atoms with Crippen LogP contribution in [0.4, 0.5) is 0 Å². The molecule has 0 saturated carbocycles. The standard InChI is InChI=1S/C15H13Cl2N5.ClH/c16-13-5-1-3-11(7-13)9-19-21-15(18)22-20-10-12-4-2-6-14(17)8-12;/h1-10H,(H3,18,21,22);1H. The van der Waals surface area contributed by atoms with Crippen molar-refractivity contribution in [3.63, 3.8) is 0 Å². The predicted octanol–water partition coefficient (Wildman–Crippen LogP) is 3.69. The summed E-state index contributed by atoms with van der Waals surface area (Å²) in [5, 5.41) is 12.8. The van der Waals surface area contributed by atoms with E-state index < -0.39 is 0 Å². The van der Waals surface area contributed by atoms with Crippen molar-refractivity contribution in [2.45, 2.75) is 0 Å². The van der Waals surface area contributed by atoms with Crippen molar-refractivity contribution in [2.24, 2.45) is 21.0 Å². The molecule has 0 bridgehead atoms. The number of rotatable bonds is 4. The van der Waals surface area contributed by atoms with Gasteiger partial charge in [-0.2, -0.15) is 10.2 Å². The van der Waals surface area contributed by atoms with Crippen LogP contribution in [0.1, 0.15) is 11.1 Å². The third kappa shape index (κ3) is 7.15. The summed E-state index contributed by atoms with van der Waals surface area (Å²) in [5.41, 5.74) is 9.85. The summed E-state index contributed by atoms with van der Waals surface area (Å²) >= 11 is 11.7. The summed E-state index contributed by atoms with van der Waals surface area (Å²) < 4.78 is 0. The molecule has 2 aromatic carbocycles. The van der Waals surface area contributed by atoms with E-state index in [1.807, 2.05) is 24.3 Å². The zero-order valence-electron chi connectivity index (χ0n) is 11.9. The van der Waals surface area contributed by atoms with Gasteiger partial charge in [0.2, 0.25) is 5.96 Å². The van der Waals surface area contributed by atoms with Crippen molar-refractivity contribution < 1.29 is 0 Å². The number of nitrogens with two attached hydrogens (primary N) is 1. The molecular weight excluding hydrogens is 357 g/mol. The Kier molecular flexibility index (Phi) is 8.11. The highest BCUT2D eigenvalue weighted by Crippen LogP contribution is 2.09. The monoisotopic (exact) mass is 369 g/mol. The van der Waals surface area contributed by atoms with Gasteiger partial charge in [0, 0.05) is 10.0 Å². The molecular formula is C15H14Cl3N5. The topological polar surface area (TPSA) is 75.1 Å². The zero-order chi connectivity index (χ0) is 15.8. The Balaban J connectivity index is 0.00000264. The second kappa shape index (κ2) is 9.84. The van der Waals surface area contributed by atoms with E-state index in [1.165, 1.54) is 0 Å². The lowest BCUT2D eigenvalue weighted by Crippen LogP contribution is -2.26. The molecule has 0 radical (unpaired) electrons. The minimum absolute atomic E-state index is 0. The number of nitrogens with zero attached hydrogens (tertiary/aromatic N) is 3. The maximum Gasteiger partial charge on any atom is 0.234 e. The maximum atomic E-state index is 5.87. The third-order valence-corrected chi connectivity index (χ3v) is 2.93. The Hall–Kier alpha value is -2.08. The summed E-state index contributed by atoms with van der Waals surface area (Å²) in [6.45, 7) is 0. The maximum absolute atomic E-state index is 5.87. The fraction of sp³-hybridized carbons (Fsp3) is 0. The van der Waals surface area contributed by atoms with E-state index in [9.17, 15) is 0 Å². The molecule has 0 aliphatic carbocycles. The molecule has 23 heavy (non-hydrogen) atoms. The van der Waals surface area contributed by atoms with E-state index in [0.717, 1.165) is 11.1 Å². The van der Waals surface area contributed by atoms with Crippen LogP contribution >= 0.6 is 35.6 Å². The van der Waals surface area contributed by atoms with Crippen LogP contribution in [0.2, 0.25) is 10.0 Å². The van der Waals surface area contributed by atoms with Gasteiger partial charge in [0.15, 0.2) is 0 Å². The van der Waals surface area contributed by atoms with Crippen LogP contribution in [0, 0.1) is 0 Å². The minimum Gasteiger partial charge on any atom is -0.367 e. The molecule has 0 heterocycles. The van der Waals surface area contributed by atoms with E-state index in [-0.39, 0.29) is 18.4 Å². The van der Waals surface area contributed by atoms with Crippen LogP contribution in [-0.2, 0) is 0 Å². The Morgan fingerprint density at radius 2 is 1.52 bits per heavy atom. The first-order chi connectivity index (χ1) is 10.6. The van der Waals surface area contributed by atoms with E-state index in [0.29, 0.717) is 10.0 Å². The second-order valence-corrected chi connectivity index (χ2v) is 5.08. The largest absolute Gasteiger partial charge is 0.367 e. The number of hydrazone groups is 1.